The maximum atomic E-state index is 12.8. The molecule has 1 N–H and O–H groups in total. The number of anilines is 1. The fourth-order valence-electron chi connectivity index (χ4n) is 5.47. The lowest BCUT2D eigenvalue weighted by molar-refractivity contribution is -0.143. The number of nitrogens with one attached hydrogen (secondary N) is 1. The van der Waals surface area contributed by atoms with E-state index < -0.39 is 5.91 Å². The molecule has 6 rings (SSSR count). The van der Waals surface area contributed by atoms with Crippen LogP contribution in [-0.2, 0) is 14.4 Å². The van der Waals surface area contributed by atoms with Gasteiger partial charge < -0.3 is 14.5 Å². The van der Waals surface area contributed by atoms with E-state index in [9.17, 15) is 14.4 Å². The number of likely N-dealkylation sites (tertiary alicyclic amines) is 1. The van der Waals surface area contributed by atoms with E-state index in [4.69, 9.17) is 9.15 Å². The smallest absolute Gasteiger partial charge is 0.244 e. The molecule has 0 spiro atoms. The third kappa shape index (κ3) is 2.55. The van der Waals surface area contributed by atoms with Gasteiger partial charge >= 0.3 is 0 Å². The minimum absolute atomic E-state index is 0.120. The molecule has 2 heterocycles. The summed E-state index contributed by atoms with van der Waals surface area (Å²) in [5, 5.41) is 4.62. The summed E-state index contributed by atoms with van der Waals surface area (Å²) in [5.41, 5.74) is 1.79. The minimum atomic E-state index is -0.448. The molecule has 7 nitrogen and oxygen atoms in total. The van der Waals surface area contributed by atoms with E-state index in [-0.39, 0.29) is 42.0 Å². The van der Waals surface area contributed by atoms with E-state index in [0.29, 0.717) is 17.0 Å². The standard InChI is InChI=1S/C24H20N2O5/c1-30-19-9-15-14-4-2-3-5-17(14)31-18(15)10-16(19)25-20(27)11-26-23(28)21-12-6-7-13(8-12)22(21)24(26)29/h2-7,9-10,12-13,21-22H,8,11H2,1H3,(H,25,27)/t12-,13-,21-,22-/m0/s1. The number of hydrogen-bond donors (Lipinski definition) is 1. The number of methoxy groups -OCH3 is 1. The Morgan fingerprint density at radius 1 is 1.06 bits per heavy atom. The third-order valence-corrected chi connectivity index (χ3v) is 6.84. The van der Waals surface area contributed by atoms with Crippen LogP contribution in [0.3, 0.4) is 0 Å². The van der Waals surface area contributed by atoms with Gasteiger partial charge in [-0.1, -0.05) is 30.4 Å². The van der Waals surface area contributed by atoms with Crippen LogP contribution in [0.2, 0.25) is 0 Å². The first-order valence-corrected chi connectivity index (χ1v) is 10.4. The number of imide groups is 1. The highest BCUT2D eigenvalue weighted by Gasteiger charge is 2.59. The second kappa shape index (κ2) is 6.44. The monoisotopic (exact) mass is 416 g/mol. The van der Waals surface area contributed by atoms with E-state index in [0.717, 1.165) is 27.7 Å². The molecule has 2 bridgehead atoms. The van der Waals surface area contributed by atoms with Gasteiger partial charge in [0.25, 0.3) is 0 Å². The number of hydrogen-bond acceptors (Lipinski definition) is 5. The van der Waals surface area contributed by atoms with Crippen LogP contribution in [0.15, 0.2) is 53.0 Å². The fraction of sp³-hybridized carbons (Fsp3) is 0.292. The zero-order chi connectivity index (χ0) is 21.3. The lowest BCUT2D eigenvalue weighted by Crippen LogP contribution is -2.39. The Morgan fingerprint density at radius 2 is 1.77 bits per heavy atom. The molecule has 0 unspecified atom stereocenters. The van der Waals surface area contributed by atoms with Crippen molar-refractivity contribution in [1.29, 1.82) is 0 Å². The van der Waals surface area contributed by atoms with E-state index >= 15 is 0 Å². The van der Waals surface area contributed by atoms with Crippen LogP contribution in [0, 0.1) is 23.7 Å². The molecule has 1 saturated carbocycles. The van der Waals surface area contributed by atoms with Gasteiger partial charge in [0.1, 0.15) is 23.5 Å². The largest absolute Gasteiger partial charge is 0.495 e. The van der Waals surface area contributed by atoms with Crippen LogP contribution in [0.4, 0.5) is 5.69 Å². The zero-order valence-corrected chi connectivity index (χ0v) is 16.8. The SMILES string of the molecule is COc1cc2c(cc1NC(=O)CN1C(=O)[C@@H]3[C@@H](C1=O)[C@H]1C=C[C@H]3C1)oc1ccccc12. The van der Waals surface area contributed by atoms with Crippen molar-refractivity contribution in [3.63, 3.8) is 0 Å². The molecule has 2 aliphatic carbocycles. The molecule has 31 heavy (non-hydrogen) atoms. The first-order chi connectivity index (χ1) is 15.0. The number of rotatable bonds is 4. The van der Waals surface area contributed by atoms with Gasteiger partial charge in [0.05, 0.1) is 24.6 Å². The number of para-hydroxylation sites is 1. The molecular weight excluding hydrogens is 396 g/mol. The summed E-state index contributed by atoms with van der Waals surface area (Å²) in [6.07, 6.45) is 4.93. The van der Waals surface area contributed by atoms with Gasteiger partial charge in [-0.15, -0.1) is 0 Å². The molecule has 2 aromatic carbocycles. The van der Waals surface area contributed by atoms with E-state index in [2.05, 4.69) is 5.32 Å². The summed E-state index contributed by atoms with van der Waals surface area (Å²) in [6.45, 7) is -0.300. The molecule has 1 aliphatic heterocycles. The van der Waals surface area contributed by atoms with Crippen molar-refractivity contribution >= 4 is 45.3 Å². The maximum Gasteiger partial charge on any atom is 0.244 e. The van der Waals surface area contributed by atoms with E-state index in [1.54, 1.807) is 6.07 Å². The Labute approximate surface area is 177 Å². The lowest BCUT2D eigenvalue weighted by atomic mass is 9.85. The summed E-state index contributed by atoms with van der Waals surface area (Å²) < 4.78 is 11.4. The molecule has 4 atom stereocenters. The summed E-state index contributed by atoms with van der Waals surface area (Å²) >= 11 is 0. The maximum absolute atomic E-state index is 12.8. The number of amides is 3. The zero-order valence-electron chi connectivity index (χ0n) is 16.8. The van der Waals surface area contributed by atoms with Crippen molar-refractivity contribution < 1.29 is 23.5 Å². The molecule has 0 radical (unpaired) electrons. The highest BCUT2D eigenvalue weighted by atomic mass is 16.5. The van der Waals surface area contributed by atoms with Gasteiger partial charge in [-0.05, 0) is 30.4 Å². The van der Waals surface area contributed by atoms with Crippen molar-refractivity contribution in [3.8, 4) is 5.75 Å². The summed E-state index contributed by atoms with van der Waals surface area (Å²) in [6, 6.07) is 11.2. The fourth-order valence-corrected chi connectivity index (χ4v) is 5.47. The highest BCUT2D eigenvalue weighted by molar-refractivity contribution is 6.11. The number of furan rings is 1. The van der Waals surface area contributed by atoms with Gasteiger partial charge in [0.2, 0.25) is 17.7 Å². The Bertz CT molecular complexity index is 1280. The second-order valence-electron chi connectivity index (χ2n) is 8.46. The number of fused-ring (bicyclic) bond motifs is 8. The molecule has 2 fully saturated rings. The van der Waals surface area contributed by atoms with Crippen molar-refractivity contribution in [3.05, 3.63) is 48.6 Å². The van der Waals surface area contributed by atoms with Gasteiger partial charge in [-0.3, -0.25) is 19.3 Å². The minimum Gasteiger partial charge on any atom is -0.495 e. The first kappa shape index (κ1) is 18.2. The number of carbonyl (C=O) groups is 3. The first-order valence-electron chi connectivity index (χ1n) is 10.4. The van der Waals surface area contributed by atoms with Gasteiger partial charge in [0, 0.05) is 16.8 Å². The van der Waals surface area contributed by atoms with Crippen molar-refractivity contribution in [2.45, 2.75) is 6.42 Å². The average Bonchev–Trinajstić information content (AvgIpc) is 3.52. The lowest BCUT2D eigenvalue weighted by Gasteiger charge is -2.17. The predicted molar refractivity (Wildman–Crippen MR) is 113 cm³/mol. The second-order valence-corrected chi connectivity index (χ2v) is 8.46. The molecule has 156 valence electrons. The molecular formula is C24H20N2O5. The average molecular weight is 416 g/mol. The van der Waals surface area contributed by atoms with Crippen LogP contribution in [-0.4, -0.2) is 36.3 Å². The summed E-state index contributed by atoms with van der Waals surface area (Å²) in [5.74, 6) is -0.816. The number of carbonyl (C=O) groups excluding carboxylic acids is 3. The van der Waals surface area contributed by atoms with Gasteiger partial charge in [-0.25, -0.2) is 0 Å². The Kier molecular flexibility index (Phi) is 3.78. The van der Waals surface area contributed by atoms with Gasteiger partial charge in [-0.2, -0.15) is 0 Å². The number of allylic oxidation sites excluding steroid dienone is 2. The van der Waals surface area contributed by atoms with Gasteiger partial charge in [0.15, 0.2) is 0 Å². The highest BCUT2D eigenvalue weighted by Crippen LogP contribution is 2.52. The molecule has 1 saturated heterocycles. The van der Waals surface area contributed by atoms with Crippen LogP contribution in [0.5, 0.6) is 5.75 Å². The molecule has 3 amide bonds. The summed E-state index contributed by atoms with van der Waals surface area (Å²) in [7, 11) is 1.52. The normalized spacial score (nSPS) is 26.3. The van der Waals surface area contributed by atoms with Crippen molar-refractivity contribution in [1.82, 2.24) is 4.90 Å². The molecule has 1 aromatic heterocycles. The number of ether oxygens (including phenoxy) is 1. The molecule has 3 aliphatic rings. The number of benzene rings is 2. The molecule has 3 aromatic rings. The predicted octanol–water partition coefficient (Wildman–Crippen LogP) is 3.34. The quantitative estimate of drug-likeness (QED) is 0.521. The van der Waals surface area contributed by atoms with Crippen LogP contribution >= 0.6 is 0 Å². The topological polar surface area (TPSA) is 88.9 Å². The van der Waals surface area contributed by atoms with Crippen LogP contribution < -0.4 is 10.1 Å². The summed E-state index contributed by atoms with van der Waals surface area (Å²) in [4.78, 5) is 39.5. The van der Waals surface area contributed by atoms with Crippen LogP contribution in [0.25, 0.3) is 21.9 Å². The van der Waals surface area contributed by atoms with Crippen molar-refractivity contribution in [2.75, 3.05) is 19.0 Å². The van der Waals surface area contributed by atoms with E-state index in [1.165, 1.54) is 7.11 Å². The molecule has 7 heteroatoms. The van der Waals surface area contributed by atoms with E-state index in [1.807, 2.05) is 42.5 Å². The van der Waals surface area contributed by atoms with Crippen molar-refractivity contribution in [2.24, 2.45) is 23.7 Å². The third-order valence-electron chi connectivity index (χ3n) is 6.84. The Hall–Kier alpha value is -3.61. The number of nitrogens with zero attached hydrogens (tertiary/aromatic N) is 1. The van der Waals surface area contributed by atoms with Crippen LogP contribution in [0.1, 0.15) is 6.42 Å². The Balaban J connectivity index is 1.26. The Morgan fingerprint density at radius 3 is 2.48 bits per heavy atom.